The van der Waals surface area contributed by atoms with Gasteiger partial charge in [-0.05, 0) is 60.9 Å². The first-order valence-corrected chi connectivity index (χ1v) is 13.5. The molecule has 1 aromatic heterocycles. The number of nitrogens with zero attached hydrogens (tertiary/aromatic N) is 1. The van der Waals surface area contributed by atoms with Crippen LogP contribution in [0.4, 0.5) is 16.3 Å². The average molecular weight is 551 g/mol. The fourth-order valence-electron chi connectivity index (χ4n) is 4.11. The quantitative estimate of drug-likeness (QED) is 0.212. The van der Waals surface area contributed by atoms with E-state index in [-0.39, 0.29) is 25.7 Å². The summed E-state index contributed by atoms with van der Waals surface area (Å²) >= 11 is 0. The predicted octanol–water partition coefficient (Wildman–Crippen LogP) is 4.43. The van der Waals surface area contributed by atoms with Gasteiger partial charge < -0.3 is 20.1 Å². The lowest BCUT2D eigenvalue weighted by molar-refractivity contribution is -0.147. The molecule has 0 aliphatic carbocycles. The second-order valence-electron chi connectivity index (χ2n) is 9.90. The number of nitrogens with one attached hydrogen (secondary N) is 3. The number of carbonyl (C=O) groups excluding carboxylic acids is 2. The second kappa shape index (κ2) is 14.7. The number of aryl methyl sites for hydroxylation is 2. The first kappa shape index (κ1) is 30.2. The zero-order valence-corrected chi connectivity index (χ0v) is 23.5. The molecule has 0 fully saturated rings. The summed E-state index contributed by atoms with van der Waals surface area (Å²) < 4.78 is 11.7. The molecule has 0 saturated heterocycles. The Labute approximate surface area is 233 Å². The van der Waals surface area contributed by atoms with Crippen LogP contribution in [0.3, 0.4) is 0 Å². The summed E-state index contributed by atoms with van der Waals surface area (Å²) in [7, 11) is 0. The van der Waals surface area contributed by atoms with Gasteiger partial charge in [-0.25, -0.2) is 14.4 Å². The van der Waals surface area contributed by atoms with E-state index >= 15 is 0 Å². The Morgan fingerprint density at radius 3 is 2.42 bits per heavy atom. The van der Waals surface area contributed by atoms with Crippen LogP contribution in [0.2, 0.25) is 0 Å². The molecule has 3 aromatic rings. The molecule has 0 unspecified atom stereocenters. The SMILES string of the molecule is CCc1cc(Nc2cc(=O)n(CCCCOC(=O)[C@@H](NC(=O)OCc3ccccc3)C(C)C)c(=O)[nH]2)ccc1C. The van der Waals surface area contributed by atoms with E-state index < -0.39 is 29.4 Å². The third-order valence-corrected chi connectivity index (χ3v) is 6.46. The van der Waals surface area contributed by atoms with Gasteiger partial charge in [-0.15, -0.1) is 0 Å². The van der Waals surface area contributed by atoms with E-state index in [1.807, 2.05) is 55.5 Å². The molecule has 214 valence electrons. The lowest BCUT2D eigenvalue weighted by Crippen LogP contribution is -2.45. The predicted molar refractivity (Wildman–Crippen MR) is 154 cm³/mol. The van der Waals surface area contributed by atoms with Crippen molar-refractivity contribution in [2.24, 2.45) is 5.92 Å². The molecule has 0 spiro atoms. The molecule has 40 heavy (non-hydrogen) atoms. The zero-order valence-electron chi connectivity index (χ0n) is 23.5. The van der Waals surface area contributed by atoms with Crippen molar-refractivity contribution in [3.63, 3.8) is 0 Å². The van der Waals surface area contributed by atoms with Gasteiger partial charge in [-0.2, -0.15) is 0 Å². The molecular weight excluding hydrogens is 512 g/mol. The van der Waals surface area contributed by atoms with Crippen LogP contribution in [-0.4, -0.2) is 34.3 Å². The van der Waals surface area contributed by atoms with Gasteiger partial charge in [0.1, 0.15) is 18.5 Å². The molecule has 10 nitrogen and oxygen atoms in total. The summed E-state index contributed by atoms with van der Waals surface area (Å²) in [6.07, 6.45) is 1.05. The van der Waals surface area contributed by atoms with E-state index in [0.29, 0.717) is 18.7 Å². The summed E-state index contributed by atoms with van der Waals surface area (Å²) in [6.45, 7) is 8.05. The lowest BCUT2D eigenvalue weighted by Gasteiger charge is -2.20. The van der Waals surface area contributed by atoms with Crippen molar-refractivity contribution in [1.29, 1.82) is 0 Å². The Hall–Kier alpha value is -4.34. The molecule has 1 atom stereocenters. The third kappa shape index (κ3) is 8.86. The Bertz CT molecular complexity index is 1370. The topological polar surface area (TPSA) is 132 Å². The Morgan fingerprint density at radius 2 is 1.75 bits per heavy atom. The number of H-pyrrole nitrogens is 1. The number of anilines is 2. The number of ether oxygens (including phenoxy) is 2. The van der Waals surface area contributed by atoms with E-state index in [2.05, 4.69) is 22.5 Å². The van der Waals surface area contributed by atoms with Crippen molar-refractivity contribution in [2.45, 2.75) is 66.2 Å². The van der Waals surface area contributed by atoms with Gasteiger partial charge in [0, 0.05) is 18.3 Å². The zero-order chi connectivity index (χ0) is 29.1. The molecule has 2 aromatic carbocycles. The van der Waals surface area contributed by atoms with Crippen LogP contribution in [0.25, 0.3) is 0 Å². The molecule has 10 heteroatoms. The number of unbranched alkanes of at least 4 members (excludes halogenated alkanes) is 1. The van der Waals surface area contributed by atoms with E-state index in [1.165, 1.54) is 17.2 Å². The number of aromatic amines is 1. The van der Waals surface area contributed by atoms with Crippen LogP contribution >= 0.6 is 0 Å². The second-order valence-corrected chi connectivity index (χ2v) is 9.90. The van der Waals surface area contributed by atoms with Crippen molar-refractivity contribution in [2.75, 3.05) is 11.9 Å². The van der Waals surface area contributed by atoms with Gasteiger partial charge in [-0.1, -0.05) is 57.2 Å². The number of alkyl carbamates (subject to hydrolysis) is 1. The number of aromatic nitrogens is 2. The van der Waals surface area contributed by atoms with Crippen LogP contribution in [0, 0.1) is 12.8 Å². The summed E-state index contributed by atoms with van der Waals surface area (Å²) in [6, 6.07) is 15.6. The van der Waals surface area contributed by atoms with Gasteiger partial charge in [-0.3, -0.25) is 14.3 Å². The minimum Gasteiger partial charge on any atom is -0.464 e. The summed E-state index contributed by atoms with van der Waals surface area (Å²) in [4.78, 5) is 52.6. The number of benzene rings is 2. The highest BCUT2D eigenvalue weighted by molar-refractivity contribution is 5.81. The van der Waals surface area contributed by atoms with E-state index in [1.54, 1.807) is 13.8 Å². The molecule has 0 aliphatic rings. The molecule has 0 bridgehead atoms. The van der Waals surface area contributed by atoms with E-state index in [0.717, 1.165) is 22.2 Å². The maximum atomic E-state index is 12.6. The molecular formula is C30H38N4O6. The lowest BCUT2D eigenvalue weighted by atomic mass is 10.1. The Morgan fingerprint density at radius 1 is 1.00 bits per heavy atom. The number of esters is 1. The van der Waals surface area contributed by atoms with Crippen molar-refractivity contribution < 1.29 is 19.1 Å². The van der Waals surface area contributed by atoms with Crippen molar-refractivity contribution in [3.8, 4) is 0 Å². The first-order chi connectivity index (χ1) is 19.2. The van der Waals surface area contributed by atoms with Crippen LogP contribution in [-0.2, 0) is 33.8 Å². The molecule has 0 radical (unpaired) electrons. The van der Waals surface area contributed by atoms with Crippen molar-refractivity contribution in [3.05, 3.63) is 92.1 Å². The van der Waals surface area contributed by atoms with Crippen LogP contribution < -0.4 is 21.9 Å². The van der Waals surface area contributed by atoms with Gasteiger partial charge in [0.25, 0.3) is 5.56 Å². The van der Waals surface area contributed by atoms with E-state index in [4.69, 9.17) is 9.47 Å². The van der Waals surface area contributed by atoms with Gasteiger partial charge in [0.2, 0.25) is 0 Å². The van der Waals surface area contributed by atoms with Gasteiger partial charge in [0.15, 0.2) is 0 Å². The highest BCUT2D eigenvalue weighted by Crippen LogP contribution is 2.18. The summed E-state index contributed by atoms with van der Waals surface area (Å²) in [5, 5.41) is 5.65. The first-order valence-electron chi connectivity index (χ1n) is 13.5. The highest BCUT2D eigenvalue weighted by atomic mass is 16.6. The van der Waals surface area contributed by atoms with Crippen molar-refractivity contribution in [1.82, 2.24) is 14.9 Å². The molecule has 0 saturated carbocycles. The maximum absolute atomic E-state index is 12.6. The van der Waals surface area contributed by atoms with Crippen LogP contribution in [0.15, 0.2) is 64.2 Å². The molecule has 1 heterocycles. The Balaban J connectivity index is 1.45. The minimum absolute atomic E-state index is 0.0856. The average Bonchev–Trinajstić information content (AvgIpc) is 2.93. The number of carbonyl (C=O) groups is 2. The molecule has 1 amide bonds. The molecule has 0 aliphatic heterocycles. The fourth-order valence-corrected chi connectivity index (χ4v) is 4.11. The minimum atomic E-state index is -0.865. The highest BCUT2D eigenvalue weighted by Gasteiger charge is 2.26. The number of hydrogen-bond donors (Lipinski definition) is 3. The molecule has 3 N–H and O–H groups in total. The van der Waals surface area contributed by atoms with Crippen LogP contribution in [0.5, 0.6) is 0 Å². The fraction of sp³-hybridized carbons (Fsp3) is 0.400. The van der Waals surface area contributed by atoms with Crippen LogP contribution in [0.1, 0.15) is 50.3 Å². The molecule has 3 rings (SSSR count). The largest absolute Gasteiger partial charge is 0.464 e. The van der Waals surface area contributed by atoms with Crippen molar-refractivity contribution >= 4 is 23.6 Å². The standard InChI is InChI=1S/C30H38N4O6/c1-5-23-17-24(14-13-21(23)4)31-25-18-26(35)34(29(37)32-25)15-9-10-16-39-28(36)27(20(2)3)33-30(38)40-19-22-11-7-6-8-12-22/h6-8,11-14,17-18,20,27,31H,5,9-10,15-16,19H2,1-4H3,(H,32,37)(H,33,38)/t27-/m0/s1. The number of rotatable bonds is 13. The third-order valence-electron chi connectivity index (χ3n) is 6.46. The monoisotopic (exact) mass is 550 g/mol. The smallest absolute Gasteiger partial charge is 0.408 e. The maximum Gasteiger partial charge on any atom is 0.408 e. The van der Waals surface area contributed by atoms with Gasteiger partial charge >= 0.3 is 17.8 Å². The Kier molecular flexibility index (Phi) is 11.1. The summed E-state index contributed by atoms with van der Waals surface area (Å²) in [5.74, 6) is -0.463. The van der Waals surface area contributed by atoms with Gasteiger partial charge in [0.05, 0.1) is 6.61 Å². The normalized spacial score (nSPS) is 11.6. The van der Waals surface area contributed by atoms with E-state index in [9.17, 15) is 19.2 Å². The number of amides is 1. The number of hydrogen-bond acceptors (Lipinski definition) is 7. The summed E-state index contributed by atoms with van der Waals surface area (Å²) in [5.41, 5.74) is 3.04.